The Labute approximate surface area is 143 Å². The molecule has 0 aliphatic carbocycles. The number of carbonyl (C=O) groups excluding carboxylic acids is 1. The molecular weight excluding hydrogens is 324 g/mol. The molecule has 0 atom stereocenters. The van der Waals surface area contributed by atoms with Crippen molar-refractivity contribution in [1.82, 2.24) is 15.3 Å². The van der Waals surface area contributed by atoms with Gasteiger partial charge >= 0.3 is 0 Å². The summed E-state index contributed by atoms with van der Waals surface area (Å²) in [4.78, 5) is 20.8. The number of amides is 1. The topological polar surface area (TPSA) is 76.1 Å². The maximum Gasteiger partial charge on any atom is 0.256 e. The van der Waals surface area contributed by atoms with Crippen LogP contribution < -0.4 is 15.4 Å². The Balaban J connectivity index is 1.52. The van der Waals surface area contributed by atoms with E-state index in [1.807, 2.05) is 31.2 Å². The Morgan fingerprint density at radius 2 is 2.08 bits per heavy atom. The summed E-state index contributed by atoms with van der Waals surface area (Å²) in [6, 6.07) is 11.4. The van der Waals surface area contributed by atoms with Crippen molar-refractivity contribution in [1.29, 1.82) is 0 Å². The summed E-state index contributed by atoms with van der Waals surface area (Å²) in [5, 5.41) is 6.93. The Morgan fingerprint density at radius 3 is 2.92 bits per heavy atom. The molecular formula is C17H18N4O2S. The van der Waals surface area contributed by atoms with Gasteiger partial charge in [0.15, 0.2) is 5.13 Å². The fraction of sp³-hybridized carbons (Fsp3) is 0.235. The third-order valence-corrected chi connectivity index (χ3v) is 4.27. The Kier molecular flexibility index (Phi) is 5.22. The van der Waals surface area contributed by atoms with Gasteiger partial charge in [0.1, 0.15) is 5.56 Å². The number of para-hydroxylation sites is 1. The maximum absolute atomic E-state index is 12.2. The molecule has 0 unspecified atom stereocenters. The zero-order valence-electron chi connectivity index (χ0n) is 13.3. The number of pyridine rings is 1. The van der Waals surface area contributed by atoms with Gasteiger partial charge in [-0.3, -0.25) is 4.79 Å². The lowest BCUT2D eigenvalue weighted by Crippen LogP contribution is -2.29. The van der Waals surface area contributed by atoms with Crippen LogP contribution in [0, 0.1) is 0 Å². The highest BCUT2D eigenvalue weighted by atomic mass is 32.1. The summed E-state index contributed by atoms with van der Waals surface area (Å²) in [5.41, 5.74) is 1.42. The van der Waals surface area contributed by atoms with Crippen molar-refractivity contribution in [2.45, 2.75) is 6.92 Å². The van der Waals surface area contributed by atoms with Crippen molar-refractivity contribution in [3.8, 4) is 5.88 Å². The van der Waals surface area contributed by atoms with Crippen molar-refractivity contribution in [3.05, 3.63) is 48.2 Å². The number of rotatable bonds is 7. The first-order valence-electron chi connectivity index (χ1n) is 7.73. The molecule has 3 aromatic rings. The minimum atomic E-state index is -0.197. The van der Waals surface area contributed by atoms with Crippen LogP contribution in [0.3, 0.4) is 0 Å². The van der Waals surface area contributed by atoms with Crippen LogP contribution in [0.1, 0.15) is 17.3 Å². The molecule has 0 saturated carbocycles. The van der Waals surface area contributed by atoms with Gasteiger partial charge < -0.3 is 15.4 Å². The molecule has 0 radical (unpaired) electrons. The molecule has 1 aromatic carbocycles. The largest absolute Gasteiger partial charge is 0.477 e. The van der Waals surface area contributed by atoms with Gasteiger partial charge in [-0.25, -0.2) is 9.97 Å². The van der Waals surface area contributed by atoms with Crippen molar-refractivity contribution in [3.63, 3.8) is 0 Å². The Morgan fingerprint density at radius 1 is 1.21 bits per heavy atom. The van der Waals surface area contributed by atoms with E-state index in [2.05, 4.69) is 20.6 Å². The van der Waals surface area contributed by atoms with E-state index in [1.165, 1.54) is 0 Å². The van der Waals surface area contributed by atoms with Crippen LogP contribution in [-0.4, -0.2) is 35.6 Å². The van der Waals surface area contributed by atoms with Gasteiger partial charge in [-0.1, -0.05) is 23.5 Å². The van der Waals surface area contributed by atoms with Crippen molar-refractivity contribution >= 4 is 32.6 Å². The monoisotopic (exact) mass is 342 g/mol. The molecule has 0 fully saturated rings. The number of aromatic nitrogens is 2. The summed E-state index contributed by atoms with van der Waals surface area (Å²) in [5.74, 6) is 0.161. The Bertz CT molecular complexity index is 801. The molecule has 7 heteroatoms. The maximum atomic E-state index is 12.2. The smallest absolute Gasteiger partial charge is 0.256 e. The second kappa shape index (κ2) is 7.74. The van der Waals surface area contributed by atoms with E-state index >= 15 is 0 Å². The molecule has 2 heterocycles. The van der Waals surface area contributed by atoms with Crippen molar-refractivity contribution in [2.75, 3.05) is 25.0 Å². The van der Waals surface area contributed by atoms with E-state index in [1.54, 1.807) is 29.7 Å². The average molecular weight is 342 g/mol. The number of ether oxygens (including phenoxy) is 1. The number of fused-ring (bicyclic) bond motifs is 1. The third-order valence-electron chi connectivity index (χ3n) is 3.28. The second-order valence-electron chi connectivity index (χ2n) is 4.96. The van der Waals surface area contributed by atoms with E-state index in [0.29, 0.717) is 31.1 Å². The number of benzene rings is 1. The predicted octanol–water partition coefficient (Wildman–Crippen LogP) is 2.93. The first kappa shape index (κ1) is 16.2. The second-order valence-corrected chi connectivity index (χ2v) is 5.99. The fourth-order valence-electron chi connectivity index (χ4n) is 2.20. The van der Waals surface area contributed by atoms with E-state index < -0.39 is 0 Å². The van der Waals surface area contributed by atoms with Crippen LogP contribution in [0.4, 0.5) is 5.13 Å². The zero-order valence-corrected chi connectivity index (χ0v) is 14.1. The van der Waals surface area contributed by atoms with Gasteiger partial charge in [0.25, 0.3) is 5.91 Å². The lowest BCUT2D eigenvalue weighted by molar-refractivity contribution is 0.0950. The van der Waals surface area contributed by atoms with Gasteiger partial charge in [-0.15, -0.1) is 0 Å². The van der Waals surface area contributed by atoms with E-state index in [-0.39, 0.29) is 5.91 Å². The van der Waals surface area contributed by atoms with Crippen LogP contribution >= 0.6 is 11.3 Å². The first-order valence-corrected chi connectivity index (χ1v) is 8.55. The minimum Gasteiger partial charge on any atom is -0.477 e. The molecule has 0 aliphatic rings. The molecule has 0 aliphatic heterocycles. The molecule has 0 spiro atoms. The molecule has 0 bridgehead atoms. The highest BCUT2D eigenvalue weighted by Crippen LogP contribution is 2.24. The summed E-state index contributed by atoms with van der Waals surface area (Å²) in [6.45, 7) is 3.40. The average Bonchev–Trinajstić information content (AvgIpc) is 3.02. The van der Waals surface area contributed by atoms with E-state index in [4.69, 9.17) is 4.74 Å². The van der Waals surface area contributed by atoms with Crippen molar-refractivity contribution in [2.24, 2.45) is 0 Å². The van der Waals surface area contributed by atoms with Gasteiger partial charge in [-0.2, -0.15) is 0 Å². The van der Waals surface area contributed by atoms with Crippen LogP contribution in [0.15, 0.2) is 42.6 Å². The van der Waals surface area contributed by atoms with Gasteiger partial charge in [0.05, 0.1) is 16.8 Å². The Hall–Kier alpha value is -2.67. The minimum absolute atomic E-state index is 0.197. The van der Waals surface area contributed by atoms with Crippen molar-refractivity contribution < 1.29 is 9.53 Å². The normalized spacial score (nSPS) is 10.5. The number of anilines is 1. The molecule has 24 heavy (non-hydrogen) atoms. The number of thiazole rings is 1. The summed E-state index contributed by atoms with van der Waals surface area (Å²) >= 11 is 1.60. The standard InChI is InChI=1S/C17H18N4O2S/c1-2-23-16-12(6-5-9-19-16)15(22)18-10-11-20-17-21-13-7-3-4-8-14(13)24-17/h3-9H,2,10-11H2,1H3,(H,18,22)(H,20,21). The van der Waals surface area contributed by atoms with Crippen LogP contribution in [0.2, 0.25) is 0 Å². The van der Waals surface area contributed by atoms with Gasteiger partial charge in [-0.05, 0) is 31.2 Å². The molecule has 2 N–H and O–H groups in total. The fourth-order valence-corrected chi connectivity index (χ4v) is 3.10. The predicted molar refractivity (Wildman–Crippen MR) is 95.8 cm³/mol. The highest BCUT2D eigenvalue weighted by Gasteiger charge is 2.12. The number of nitrogens with one attached hydrogen (secondary N) is 2. The molecule has 124 valence electrons. The number of nitrogens with zero attached hydrogens (tertiary/aromatic N) is 2. The molecule has 6 nitrogen and oxygen atoms in total. The van der Waals surface area contributed by atoms with Gasteiger partial charge in [0, 0.05) is 19.3 Å². The summed E-state index contributed by atoms with van der Waals surface area (Å²) < 4.78 is 6.51. The molecule has 0 saturated heterocycles. The van der Waals surface area contributed by atoms with E-state index in [9.17, 15) is 4.79 Å². The third kappa shape index (κ3) is 3.80. The van der Waals surface area contributed by atoms with Crippen LogP contribution in [0.5, 0.6) is 5.88 Å². The lowest BCUT2D eigenvalue weighted by Gasteiger charge is -2.09. The van der Waals surface area contributed by atoms with Crippen LogP contribution in [0.25, 0.3) is 10.2 Å². The SMILES string of the molecule is CCOc1ncccc1C(=O)NCCNc1nc2ccccc2s1. The lowest BCUT2D eigenvalue weighted by atomic mass is 10.2. The highest BCUT2D eigenvalue weighted by molar-refractivity contribution is 7.22. The van der Waals surface area contributed by atoms with Gasteiger partial charge in [0.2, 0.25) is 5.88 Å². The molecule has 1 amide bonds. The zero-order chi connectivity index (χ0) is 16.8. The summed E-state index contributed by atoms with van der Waals surface area (Å²) in [7, 11) is 0. The number of carbonyl (C=O) groups is 1. The number of hydrogen-bond acceptors (Lipinski definition) is 6. The number of hydrogen-bond donors (Lipinski definition) is 2. The van der Waals surface area contributed by atoms with E-state index in [0.717, 1.165) is 15.3 Å². The molecule has 2 aromatic heterocycles. The van der Waals surface area contributed by atoms with Crippen LogP contribution in [-0.2, 0) is 0 Å². The first-order chi connectivity index (χ1) is 11.8. The molecule has 3 rings (SSSR count). The quantitative estimate of drug-likeness (QED) is 0.646. The summed E-state index contributed by atoms with van der Waals surface area (Å²) in [6.07, 6.45) is 1.61.